The van der Waals surface area contributed by atoms with Crippen LogP contribution >= 0.6 is 0 Å². The van der Waals surface area contributed by atoms with E-state index in [2.05, 4.69) is 40.7 Å². The van der Waals surface area contributed by atoms with Crippen LogP contribution < -0.4 is 0 Å². The summed E-state index contributed by atoms with van der Waals surface area (Å²) in [5, 5.41) is 21.2. The largest absolute Gasteiger partial charge is 0.392 e. The topological polar surface area (TPSA) is 40.5 Å². The number of aliphatic hydroxyl groups is 2. The quantitative estimate of drug-likeness (QED) is 0.492. The molecule has 0 heterocycles. The zero-order valence-electron chi connectivity index (χ0n) is 19.6. The van der Waals surface area contributed by atoms with E-state index in [1.807, 2.05) is 0 Å². The van der Waals surface area contributed by atoms with Crippen LogP contribution in [0.15, 0.2) is 11.6 Å². The summed E-state index contributed by atoms with van der Waals surface area (Å²) < 4.78 is 0. The maximum atomic E-state index is 11.0. The van der Waals surface area contributed by atoms with E-state index in [1.54, 1.807) is 0 Å². The predicted molar refractivity (Wildman–Crippen MR) is 120 cm³/mol. The molecular formula is C27H45O2. The zero-order chi connectivity index (χ0) is 21.0. The molecule has 8 atom stereocenters. The normalized spacial score (nSPS) is 46.1. The molecule has 0 aliphatic heterocycles. The highest BCUT2D eigenvalue weighted by Gasteiger charge is 2.60. The molecule has 4 aliphatic rings. The van der Waals surface area contributed by atoms with Crippen molar-refractivity contribution in [2.75, 3.05) is 0 Å². The second-order valence-corrected chi connectivity index (χ2v) is 12.1. The molecule has 29 heavy (non-hydrogen) atoms. The first-order valence-electron chi connectivity index (χ1n) is 12.6. The van der Waals surface area contributed by atoms with Gasteiger partial charge in [-0.1, -0.05) is 65.5 Å². The summed E-state index contributed by atoms with van der Waals surface area (Å²) in [5.74, 6) is 4.70. The molecule has 2 heteroatoms. The summed E-state index contributed by atoms with van der Waals surface area (Å²) in [6, 6.07) is 0. The molecule has 2 N–H and O–H groups in total. The average Bonchev–Trinajstić information content (AvgIpc) is 3.00. The van der Waals surface area contributed by atoms with Gasteiger partial charge < -0.3 is 10.2 Å². The van der Waals surface area contributed by atoms with E-state index in [4.69, 9.17) is 0 Å². The van der Waals surface area contributed by atoms with Crippen LogP contribution in [0, 0.1) is 52.4 Å². The van der Waals surface area contributed by atoms with E-state index in [0.717, 1.165) is 29.6 Å². The molecule has 1 unspecified atom stereocenters. The molecule has 0 aromatic heterocycles. The van der Waals surface area contributed by atoms with Gasteiger partial charge in [0.2, 0.25) is 0 Å². The van der Waals surface area contributed by atoms with Gasteiger partial charge in [0.15, 0.2) is 0 Å². The number of allylic oxidation sites excluding steroid dienone is 1. The molecule has 1 radical (unpaired) electrons. The summed E-state index contributed by atoms with van der Waals surface area (Å²) in [6.45, 7) is 12.2. The third kappa shape index (κ3) is 3.55. The molecule has 165 valence electrons. The van der Waals surface area contributed by atoms with Crippen LogP contribution in [0.1, 0.15) is 98.8 Å². The highest BCUT2D eigenvalue weighted by molar-refractivity contribution is 5.29. The van der Waals surface area contributed by atoms with E-state index < -0.39 is 6.10 Å². The molecule has 4 aliphatic carbocycles. The van der Waals surface area contributed by atoms with Gasteiger partial charge in [0, 0.05) is 18.3 Å². The first-order chi connectivity index (χ1) is 13.7. The standard InChI is InChI=1S/C27H45O2/c1-17(2)7-6-8-18(3)22-11-12-23-21-10-9-19-15-20(28)16-25(29)27(19,5)24(21)13-14-26(22,23)4/h9,17-18,21-25,28-29H,6-8,10-16H2,1-5H3/t18-,21+,22-,23+,24+,25?,26-,27+/m1/s1. The maximum absolute atomic E-state index is 11.0. The van der Waals surface area contributed by atoms with Crippen molar-refractivity contribution in [1.29, 1.82) is 0 Å². The van der Waals surface area contributed by atoms with Crippen molar-refractivity contribution < 1.29 is 10.2 Å². The number of hydrogen-bond donors (Lipinski definition) is 2. The first-order valence-corrected chi connectivity index (χ1v) is 12.6. The predicted octanol–water partition coefficient (Wildman–Crippen LogP) is 6.90. The molecule has 3 saturated carbocycles. The summed E-state index contributed by atoms with van der Waals surface area (Å²) in [7, 11) is 0. The van der Waals surface area contributed by atoms with E-state index in [1.165, 1.54) is 56.9 Å². The van der Waals surface area contributed by atoms with Crippen LogP contribution in [0.5, 0.6) is 0 Å². The van der Waals surface area contributed by atoms with Gasteiger partial charge in [0.1, 0.15) is 0 Å². The third-order valence-corrected chi connectivity index (χ3v) is 10.3. The molecule has 2 nitrogen and oxygen atoms in total. The summed E-state index contributed by atoms with van der Waals surface area (Å²) in [5.41, 5.74) is 1.71. The Morgan fingerprint density at radius 3 is 2.55 bits per heavy atom. The smallest absolute Gasteiger partial charge is 0.0999 e. The second kappa shape index (κ2) is 7.97. The number of fused-ring (bicyclic) bond motifs is 5. The second-order valence-electron chi connectivity index (χ2n) is 12.1. The van der Waals surface area contributed by atoms with Crippen LogP contribution in [0.4, 0.5) is 0 Å². The van der Waals surface area contributed by atoms with Gasteiger partial charge in [-0.05, 0) is 73.0 Å². The Balaban J connectivity index is 1.52. The molecular weight excluding hydrogens is 356 g/mol. The van der Waals surface area contributed by atoms with Gasteiger partial charge in [-0.15, -0.1) is 0 Å². The minimum atomic E-state index is -0.410. The molecule has 0 bridgehead atoms. The average molecular weight is 402 g/mol. The SMILES string of the molecule is CC(C)CCC[C@@H](C)[C@H]1CC[C@H]2[C@@H]3CC=C4C[C](O)CC(O)[C@]4(C)[C@H]3CC[C@]12C. The Labute approximate surface area is 179 Å². The Hall–Kier alpha value is -0.340. The van der Waals surface area contributed by atoms with Crippen molar-refractivity contribution in [2.45, 2.75) is 105 Å². The Kier molecular flexibility index (Phi) is 6.01. The summed E-state index contributed by atoms with van der Waals surface area (Å²) in [4.78, 5) is 0. The Morgan fingerprint density at radius 1 is 1.07 bits per heavy atom. The lowest BCUT2D eigenvalue weighted by atomic mass is 9.46. The molecule has 0 aromatic rings. The Bertz CT molecular complexity index is 624. The lowest BCUT2D eigenvalue weighted by Crippen LogP contribution is -2.55. The molecule has 4 rings (SSSR count). The number of hydrogen-bond acceptors (Lipinski definition) is 2. The van der Waals surface area contributed by atoms with Crippen LogP contribution in [0.25, 0.3) is 0 Å². The van der Waals surface area contributed by atoms with E-state index >= 15 is 0 Å². The van der Waals surface area contributed by atoms with Gasteiger partial charge in [-0.2, -0.15) is 0 Å². The van der Waals surface area contributed by atoms with Gasteiger partial charge in [0.25, 0.3) is 0 Å². The van der Waals surface area contributed by atoms with E-state index in [0.29, 0.717) is 30.3 Å². The minimum Gasteiger partial charge on any atom is -0.392 e. The van der Waals surface area contributed by atoms with Crippen molar-refractivity contribution in [3.8, 4) is 0 Å². The van der Waals surface area contributed by atoms with Gasteiger partial charge >= 0.3 is 0 Å². The highest BCUT2D eigenvalue weighted by Crippen LogP contribution is 2.67. The van der Waals surface area contributed by atoms with Crippen molar-refractivity contribution in [1.82, 2.24) is 0 Å². The molecule has 0 spiro atoms. The molecule has 0 aromatic carbocycles. The summed E-state index contributed by atoms with van der Waals surface area (Å²) in [6.07, 6.45) is 14.4. The first kappa shape index (κ1) is 21.9. The third-order valence-electron chi connectivity index (χ3n) is 10.3. The van der Waals surface area contributed by atoms with Crippen LogP contribution in [-0.2, 0) is 0 Å². The highest BCUT2D eigenvalue weighted by atomic mass is 16.3. The monoisotopic (exact) mass is 401 g/mol. The maximum Gasteiger partial charge on any atom is 0.0999 e. The van der Waals surface area contributed by atoms with Crippen LogP contribution in [-0.4, -0.2) is 16.3 Å². The van der Waals surface area contributed by atoms with Crippen molar-refractivity contribution in [3.63, 3.8) is 0 Å². The Morgan fingerprint density at radius 2 is 1.83 bits per heavy atom. The molecule has 0 amide bonds. The summed E-state index contributed by atoms with van der Waals surface area (Å²) >= 11 is 0. The van der Waals surface area contributed by atoms with E-state index in [9.17, 15) is 10.2 Å². The van der Waals surface area contributed by atoms with Gasteiger partial charge in [-0.25, -0.2) is 0 Å². The fourth-order valence-electron chi connectivity index (χ4n) is 8.57. The van der Waals surface area contributed by atoms with Gasteiger partial charge in [-0.3, -0.25) is 0 Å². The lowest BCUT2D eigenvalue weighted by Gasteiger charge is -2.59. The molecule has 0 saturated heterocycles. The van der Waals surface area contributed by atoms with Crippen LogP contribution in [0.2, 0.25) is 0 Å². The number of rotatable bonds is 5. The van der Waals surface area contributed by atoms with Crippen molar-refractivity contribution in [2.24, 2.45) is 46.3 Å². The van der Waals surface area contributed by atoms with Gasteiger partial charge in [0.05, 0.1) is 12.2 Å². The molecule has 3 fully saturated rings. The zero-order valence-corrected chi connectivity index (χ0v) is 19.6. The van der Waals surface area contributed by atoms with Crippen molar-refractivity contribution in [3.05, 3.63) is 17.8 Å². The van der Waals surface area contributed by atoms with E-state index in [-0.39, 0.29) is 5.41 Å². The number of aliphatic hydroxyl groups excluding tert-OH is 2. The fraction of sp³-hybridized carbons (Fsp3) is 0.889. The van der Waals surface area contributed by atoms with Crippen LogP contribution in [0.3, 0.4) is 0 Å². The van der Waals surface area contributed by atoms with Crippen molar-refractivity contribution >= 4 is 0 Å². The fourth-order valence-corrected chi connectivity index (χ4v) is 8.57. The lowest BCUT2D eigenvalue weighted by molar-refractivity contribution is -0.0968. The minimum absolute atomic E-state index is 0.114.